The highest BCUT2D eigenvalue weighted by Crippen LogP contribution is 2.34. The van der Waals surface area contributed by atoms with Crippen molar-refractivity contribution in [2.75, 3.05) is 5.32 Å². The molecule has 1 aromatic heterocycles. The van der Waals surface area contributed by atoms with Crippen LogP contribution in [0, 0.1) is 0 Å². The highest BCUT2D eigenvalue weighted by molar-refractivity contribution is 7.98. The minimum Gasteiger partial charge on any atom is -0.301 e. The van der Waals surface area contributed by atoms with E-state index in [1.54, 1.807) is 6.07 Å². The van der Waals surface area contributed by atoms with Crippen LogP contribution in [0.5, 0.6) is 0 Å². The number of aromatic nitrogens is 2. The first-order valence-corrected chi connectivity index (χ1v) is 7.51. The zero-order chi connectivity index (χ0) is 15.5. The van der Waals surface area contributed by atoms with E-state index in [1.165, 1.54) is 19.1 Å². The zero-order valence-electron chi connectivity index (χ0n) is 10.8. The predicted molar refractivity (Wildman–Crippen MR) is 75.2 cm³/mol. The van der Waals surface area contributed by atoms with E-state index >= 15 is 0 Å². The molecular weight excluding hydrogens is 323 g/mol. The van der Waals surface area contributed by atoms with Gasteiger partial charge < -0.3 is 5.32 Å². The molecule has 2 rings (SSSR count). The van der Waals surface area contributed by atoms with Crippen molar-refractivity contribution in [2.24, 2.45) is 0 Å². The normalized spacial score (nSPS) is 11.4. The number of hydrogen-bond acceptors (Lipinski definition) is 5. The quantitative estimate of drug-likeness (QED) is 0.865. The third kappa shape index (κ3) is 4.43. The summed E-state index contributed by atoms with van der Waals surface area (Å²) in [6, 6.07) is 5.39. The summed E-state index contributed by atoms with van der Waals surface area (Å²) < 4.78 is 42.5. The number of benzene rings is 1. The maximum Gasteiger partial charge on any atom is 0.416 e. The molecule has 0 saturated carbocycles. The summed E-state index contributed by atoms with van der Waals surface area (Å²) in [5.41, 5.74) is -0.485. The highest BCUT2D eigenvalue weighted by Gasteiger charge is 2.32. The van der Waals surface area contributed by atoms with E-state index in [9.17, 15) is 18.0 Å². The average molecular weight is 333 g/mol. The predicted octanol–water partition coefficient (Wildman–Crippen LogP) is 3.81. The summed E-state index contributed by atoms with van der Waals surface area (Å²) in [6.07, 6.45) is -4.38. The van der Waals surface area contributed by atoms with Crippen molar-refractivity contribution in [3.63, 3.8) is 0 Å². The Morgan fingerprint density at radius 3 is 2.76 bits per heavy atom. The molecule has 0 unspecified atom stereocenters. The standard InChI is InChI=1S/C12H10F3N3OS2/c1-7(19)16-10-17-11(18-21-10)20-6-8-4-2-3-5-9(8)12(13,14)15/h2-5H,6H2,1H3,(H,16,17,18,19). The summed E-state index contributed by atoms with van der Waals surface area (Å²) >= 11 is 2.08. The number of anilines is 1. The Hall–Kier alpha value is -1.61. The largest absolute Gasteiger partial charge is 0.416 e. The van der Waals surface area contributed by atoms with E-state index in [0.29, 0.717) is 10.3 Å². The van der Waals surface area contributed by atoms with Crippen LogP contribution in [0.15, 0.2) is 29.4 Å². The van der Waals surface area contributed by atoms with Crippen molar-refractivity contribution in [3.05, 3.63) is 35.4 Å². The van der Waals surface area contributed by atoms with Crippen LogP contribution in [-0.4, -0.2) is 15.3 Å². The lowest BCUT2D eigenvalue weighted by Gasteiger charge is -2.11. The van der Waals surface area contributed by atoms with Crippen LogP contribution < -0.4 is 5.32 Å². The van der Waals surface area contributed by atoms with Gasteiger partial charge in [0.15, 0.2) is 0 Å². The second-order valence-corrected chi connectivity index (χ2v) is 5.70. The summed E-state index contributed by atoms with van der Waals surface area (Å²) in [5.74, 6) is -0.170. The van der Waals surface area contributed by atoms with Gasteiger partial charge in [-0.3, -0.25) is 4.79 Å². The van der Waals surface area contributed by atoms with Gasteiger partial charge in [0.05, 0.1) is 5.56 Å². The van der Waals surface area contributed by atoms with Gasteiger partial charge in [0.25, 0.3) is 0 Å². The lowest BCUT2D eigenvalue weighted by atomic mass is 10.1. The maximum absolute atomic E-state index is 12.8. The van der Waals surface area contributed by atoms with E-state index in [1.807, 2.05) is 0 Å². The molecule has 112 valence electrons. The Morgan fingerprint density at radius 2 is 2.10 bits per heavy atom. The molecule has 0 aliphatic carbocycles. The Balaban J connectivity index is 2.07. The molecule has 0 fully saturated rings. The molecule has 0 atom stereocenters. The van der Waals surface area contributed by atoms with Crippen LogP contribution in [0.4, 0.5) is 18.3 Å². The number of amides is 1. The molecule has 1 aromatic carbocycles. The fourth-order valence-electron chi connectivity index (χ4n) is 1.53. The van der Waals surface area contributed by atoms with Crippen LogP contribution in [0.25, 0.3) is 0 Å². The summed E-state index contributed by atoms with van der Waals surface area (Å²) in [7, 11) is 0. The number of rotatable bonds is 4. The number of hydrogen-bond donors (Lipinski definition) is 1. The molecule has 0 saturated heterocycles. The van der Waals surface area contributed by atoms with E-state index in [4.69, 9.17) is 0 Å². The number of alkyl halides is 3. The van der Waals surface area contributed by atoms with Crippen LogP contribution in [0.3, 0.4) is 0 Å². The second kappa shape index (κ2) is 6.44. The maximum atomic E-state index is 12.8. The van der Waals surface area contributed by atoms with Crippen molar-refractivity contribution in [2.45, 2.75) is 24.0 Å². The number of carbonyl (C=O) groups excluding carboxylic acids is 1. The molecule has 0 radical (unpaired) electrons. The fourth-order valence-corrected chi connectivity index (χ4v) is 3.13. The number of nitrogens with zero attached hydrogens (tertiary/aromatic N) is 2. The molecule has 1 amide bonds. The van der Waals surface area contributed by atoms with E-state index in [-0.39, 0.29) is 17.2 Å². The summed E-state index contributed by atoms with van der Waals surface area (Å²) in [5, 5.41) is 3.13. The average Bonchev–Trinajstić information content (AvgIpc) is 2.82. The third-order valence-corrected chi connectivity index (χ3v) is 4.01. The third-order valence-electron chi connectivity index (χ3n) is 2.37. The number of nitrogens with one attached hydrogen (secondary N) is 1. The molecule has 2 aromatic rings. The Morgan fingerprint density at radius 1 is 1.38 bits per heavy atom. The van der Waals surface area contributed by atoms with Crippen molar-refractivity contribution in [3.8, 4) is 0 Å². The first kappa shape index (κ1) is 15.8. The molecular formula is C12H10F3N3OS2. The smallest absolute Gasteiger partial charge is 0.301 e. The van der Waals surface area contributed by atoms with Gasteiger partial charge in [0, 0.05) is 24.2 Å². The molecule has 0 aliphatic rings. The van der Waals surface area contributed by atoms with Gasteiger partial charge in [-0.05, 0) is 11.6 Å². The van der Waals surface area contributed by atoms with Gasteiger partial charge in [0.2, 0.25) is 16.2 Å². The molecule has 0 spiro atoms. The first-order chi connectivity index (χ1) is 9.86. The van der Waals surface area contributed by atoms with Crippen LogP contribution in [-0.2, 0) is 16.7 Å². The monoisotopic (exact) mass is 333 g/mol. The van der Waals surface area contributed by atoms with Crippen LogP contribution in [0.1, 0.15) is 18.1 Å². The fraction of sp³-hybridized carbons (Fsp3) is 0.250. The highest BCUT2D eigenvalue weighted by atomic mass is 32.2. The van der Waals surface area contributed by atoms with Gasteiger partial charge in [-0.2, -0.15) is 22.5 Å². The summed E-state index contributed by atoms with van der Waals surface area (Å²) in [4.78, 5) is 14.9. The SMILES string of the molecule is CC(=O)Nc1nc(SCc2ccccc2C(F)(F)F)ns1. The lowest BCUT2D eigenvalue weighted by molar-refractivity contribution is -0.138. The molecule has 0 bridgehead atoms. The van der Waals surface area contributed by atoms with Gasteiger partial charge in [-0.1, -0.05) is 30.0 Å². The van der Waals surface area contributed by atoms with E-state index in [0.717, 1.165) is 29.4 Å². The van der Waals surface area contributed by atoms with Crippen molar-refractivity contribution in [1.29, 1.82) is 0 Å². The van der Waals surface area contributed by atoms with E-state index < -0.39 is 11.7 Å². The molecule has 4 nitrogen and oxygen atoms in total. The molecule has 0 aliphatic heterocycles. The van der Waals surface area contributed by atoms with Gasteiger partial charge in [0.1, 0.15) is 0 Å². The van der Waals surface area contributed by atoms with Crippen LogP contribution in [0.2, 0.25) is 0 Å². The minimum absolute atomic E-state index is 0.103. The Bertz CT molecular complexity index is 643. The molecule has 1 N–H and O–H groups in total. The van der Waals surface area contributed by atoms with E-state index in [2.05, 4.69) is 14.7 Å². The number of carbonyl (C=O) groups is 1. The Labute approximate surface area is 127 Å². The minimum atomic E-state index is -4.38. The lowest BCUT2D eigenvalue weighted by Crippen LogP contribution is -2.08. The number of halogens is 3. The second-order valence-electron chi connectivity index (χ2n) is 4.01. The number of thioether (sulfide) groups is 1. The topological polar surface area (TPSA) is 54.9 Å². The van der Waals surface area contributed by atoms with Crippen molar-refractivity contribution >= 4 is 34.3 Å². The summed E-state index contributed by atoms with van der Waals surface area (Å²) in [6.45, 7) is 1.34. The van der Waals surface area contributed by atoms with Crippen LogP contribution >= 0.6 is 23.3 Å². The van der Waals surface area contributed by atoms with Crippen molar-refractivity contribution in [1.82, 2.24) is 9.36 Å². The van der Waals surface area contributed by atoms with Gasteiger partial charge in [-0.15, -0.1) is 0 Å². The zero-order valence-corrected chi connectivity index (χ0v) is 12.4. The Kier molecular flexibility index (Phi) is 4.84. The molecule has 1 heterocycles. The van der Waals surface area contributed by atoms with Crippen molar-refractivity contribution < 1.29 is 18.0 Å². The van der Waals surface area contributed by atoms with Gasteiger partial charge in [-0.25, -0.2) is 0 Å². The van der Waals surface area contributed by atoms with Gasteiger partial charge >= 0.3 is 6.18 Å². The molecule has 9 heteroatoms. The first-order valence-electron chi connectivity index (χ1n) is 5.75. The molecule has 21 heavy (non-hydrogen) atoms.